The Hall–Kier alpha value is -1.46. The van der Waals surface area contributed by atoms with Crippen LogP contribution in [0.5, 0.6) is 0 Å². The molecule has 1 N–H and O–H groups in total. The number of aliphatic hydroxyl groups excluding tert-OH is 1. The molecule has 0 aliphatic carbocycles. The highest BCUT2D eigenvalue weighted by atomic mass is 32.1. The fraction of sp³-hybridized carbons (Fsp3) is 0.556. The van der Waals surface area contributed by atoms with Crippen LogP contribution in [0.2, 0.25) is 0 Å². The lowest BCUT2D eigenvalue weighted by atomic mass is 9.90. The minimum Gasteiger partial charge on any atom is -0.387 e. The van der Waals surface area contributed by atoms with Crippen LogP contribution in [0, 0.1) is 12.8 Å². The maximum atomic E-state index is 10.5. The molecule has 0 amide bonds. The number of nitrogens with zero attached hydrogens (tertiary/aromatic N) is 3. The molecule has 0 spiro atoms. The fourth-order valence-electron chi connectivity index (χ4n) is 3.32. The fourth-order valence-corrected chi connectivity index (χ4v) is 4.12. The predicted molar refractivity (Wildman–Crippen MR) is 95.0 cm³/mol. The standard InChI is InChI=1S/C18H25N3OS/c1-3-5-15-12-19-13(2)20-18(15)21-9-7-14(8-10-21)17(22)16-6-4-11-23-16/h4,6,11-12,14,17,22H,3,5,7-10H2,1-2H3. The lowest BCUT2D eigenvalue weighted by Gasteiger charge is -2.35. The van der Waals surface area contributed by atoms with Gasteiger partial charge in [0.1, 0.15) is 11.6 Å². The lowest BCUT2D eigenvalue weighted by molar-refractivity contribution is 0.0960. The molecule has 1 unspecified atom stereocenters. The van der Waals surface area contributed by atoms with Crippen molar-refractivity contribution in [2.45, 2.75) is 45.6 Å². The summed E-state index contributed by atoms with van der Waals surface area (Å²) in [6.07, 6.45) is 5.80. The second-order valence-corrected chi connectivity index (χ2v) is 7.28. The average Bonchev–Trinajstić information content (AvgIpc) is 3.11. The van der Waals surface area contributed by atoms with Gasteiger partial charge in [-0.1, -0.05) is 19.4 Å². The summed E-state index contributed by atoms with van der Waals surface area (Å²) in [7, 11) is 0. The van der Waals surface area contributed by atoms with E-state index in [1.807, 2.05) is 30.6 Å². The van der Waals surface area contributed by atoms with Crippen molar-refractivity contribution in [1.29, 1.82) is 0 Å². The maximum absolute atomic E-state index is 10.5. The number of thiophene rings is 1. The molecular weight excluding hydrogens is 306 g/mol. The molecule has 23 heavy (non-hydrogen) atoms. The number of aromatic nitrogens is 2. The summed E-state index contributed by atoms with van der Waals surface area (Å²) in [4.78, 5) is 12.5. The summed E-state index contributed by atoms with van der Waals surface area (Å²) in [5, 5.41) is 12.6. The molecule has 1 aliphatic heterocycles. The van der Waals surface area contributed by atoms with Crippen molar-refractivity contribution in [2.24, 2.45) is 5.92 Å². The molecule has 1 atom stereocenters. The SMILES string of the molecule is CCCc1cnc(C)nc1N1CCC(C(O)c2cccs2)CC1. The first-order valence-corrected chi connectivity index (χ1v) is 9.36. The van der Waals surface area contributed by atoms with Crippen LogP contribution in [0.1, 0.15) is 48.6 Å². The minimum atomic E-state index is -0.320. The predicted octanol–water partition coefficient (Wildman–Crippen LogP) is 3.75. The molecule has 2 aromatic heterocycles. The molecule has 124 valence electrons. The van der Waals surface area contributed by atoms with Gasteiger partial charge in [0.2, 0.25) is 0 Å². The summed E-state index contributed by atoms with van der Waals surface area (Å²) in [5.74, 6) is 2.28. The minimum absolute atomic E-state index is 0.320. The van der Waals surface area contributed by atoms with Crippen LogP contribution < -0.4 is 4.90 Å². The third-order valence-electron chi connectivity index (χ3n) is 4.60. The zero-order chi connectivity index (χ0) is 16.2. The van der Waals surface area contributed by atoms with E-state index in [0.29, 0.717) is 5.92 Å². The van der Waals surface area contributed by atoms with E-state index in [1.165, 1.54) is 5.56 Å². The molecule has 0 saturated carbocycles. The first-order chi connectivity index (χ1) is 11.2. The Morgan fingerprint density at radius 2 is 2.17 bits per heavy atom. The van der Waals surface area contributed by atoms with Crippen LogP contribution >= 0.6 is 11.3 Å². The maximum Gasteiger partial charge on any atom is 0.135 e. The topological polar surface area (TPSA) is 49.2 Å². The van der Waals surface area contributed by atoms with E-state index < -0.39 is 0 Å². The molecule has 0 aromatic carbocycles. The van der Waals surface area contributed by atoms with E-state index in [9.17, 15) is 5.11 Å². The smallest absolute Gasteiger partial charge is 0.135 e. The number of rotatable bonds is 5. The van der Waals surface area contributed by atoms with Crippen molar-refractivity contribution in [2.75, 3.05) is 18.0 Å². The van der Waals surface area contributed by atoms with E-state index in [0.717, 1.165) is 55.3 Å². The molecule has 0 radical (unpaired) electrons. The van der Waals surface area contributed by atoms with Gasteiger partial charge < -0.3 is 10.0 Å². The Labute approximate surface area is 142 Å². The van der Waals surface area contributed by atoms with Crippen molar-refractivity contribution in [1.82, 2.24) is 9.97 Å². The molecule has 1 aliphatic rings. The first kappa shape index (κ1) is 16.4. The quantitative estimate of drug-likeness (QED) is 0.906. The average molecular weight is 331 g/mol. The van der Waals surface area contributed by atoms with Gasteiger partial charge in [-0.2, -0.15) is 0 Å². The number of piperidine rings is 1. The van der Waals surface area contributed by atoms with Gasteiger partial charge >= 0.3 is 0 Å². The van der Waals surface area contributed by atoms with E-state index in [4.69, 9.17) is 0 Å². The van der Waals surface area contributed by atoms with Crippen LogP contribution in [0.4, 0.5) is 5.82 Å². The Bertz CT molecular complexity index is 621. The Balaban J connectivity index is 1.68. The molecule has 5 heteroatoms. The Morgan fingerprint density at radius 1 is 1.39 bits per heavy atom. The van der Waals surface area contributed by atoms with Gasteiger partial charge in [-0.15, -0.1) is 11.3 Å². The van der Waals surface area contributed by atoms with Gasteiger partial charge in [-0.3, -0.25) is 0 Å². The van der Waals surface area contributed by atoms with Crippen LogP contribution in [0.3, 0.4) is 0 Å². The highest BCUT2D eigenvalue weighted by molar-refractivity contribution is 7.10. The third-order valence-corrected chi connectivity index (χ3v) is 5.54. The number of aryl methyl sites for hydroxylation is 2. The molecule has 3 heterocycles. The van der Waals surface area contributed by atoms with E-state index in [2.05, 4.69) is 21.8 Å². The normalized spacial score (nSPS) is 17.4. The summed E-state index contributed by atoms with van der Waals surface area (Å²) in [5.41, 5.74) is 1.25. The van der Waals surface area contributed by atoms with Crippen molar-refractivity contribution < 1.29 is 5.11 Å². The van der Waals surface area contributed by atoms with Crippen molar-refractivity contribution in [3.63, 3.8) is 0 Å². The molecule has 0 bridgehead atoms. The molecule has 1 saturated heterocycles. The number of hydrogen-bond donors (Lipinski definition) is 1. The van der Waals surface area contributed by atoms with E-state index in [1.54, 1.807) is 11.3 Å². The van der Waals surface area contributed by atoms with E-state index >= 15 is 0 Å². The van der Waals surface area contributed by atoms with Gasteiger partial charge in [0, 0.05) is 29.7 Å². The molecule has 3 rings (SSSR count). The summed E-state index contributed by atoms with van der Waals surface area (Å²) < 4.78 is 0. The Morgan fingerprint density at radius 3 is 2.83 bits per heavy atom. The van der Waals surface area contributed by atoms with Gasteiger partial charge in [-0.25, -0.2) is 9.97 Å². The highest BCUT2D eigenvalue weighted by Gasteiger charge is 2.28. The molecule has 2 aromatic rings. The van der Waals surface area contributed by atoms with E-state index in [-0.39, 0.29) is 6.10 Å². The molecule has 1 fully saturated rings. The zero-order valence-corrected chi connectivity index (χ0v) is 14.7. The number of hydrogen-bond acceptors (Lipinski definition) is 5. The van der Waals surface area contributed by atoms with Crippen LogP contribution in [-0.2, 0) is 6.42 Å². The van der Waals surface area contributed by atoms with Gasteiger partial charge in [-0.05, 0) is 43.6 Å². The first-order valence-electron chi connectivity index (χ1n) is 8.48. The zero-order valence-electron chi connectivity index (χ0n) is 13.9. The monoisotopic (exact) mass is 331 g/mol. The van der Waals surface area contributed by atoms with Crippen LogP contribution in [0.15, 0.2) is 23.7 Å². The van der Waals surface area contributed by atoms with Crippen molar-refractivity contribution in [3.8, 4) is 0 Å². The molecular formula is C18H25N3OS. The lowest BCUT2D eigenvalue weighted by Crippen LogP contribution is -2.36. The van der Waals surface area contributed by atoms with Gasteiger partial charge in [0.25, 0.3) is 0 Å². The highest BCUT2D eigenvalue weighted by Crippen LogP contribution is 2.34. The van der Waals surface area contributed by atoms with Crippen molar-refractivity contribution in [3.05, 3.63) is 40.0 Å². The van der Waals surface area contributed by atoms with Crippen LogP contribution in [0.25, 0.3) is 0 Å². The van der Waals surface area contributed by atoms with Crippen molar-refractivity contribution >= 4 is 17.2 Å². The summed E-state index contributed by atoms with van der Waals surface area (Å²) >= 11 is 1.65. The summed E-state index contributed by atoms with van der Waals surface area (Å²) in [6, 6.07) is 4.05. The number of aliphatic hydroxyl groups is 1. The second-order valence-electron chi connectivity index (χ2n) is 6.30. The second kappa shape index (κ2) is 7.41. The Kier molecular flexibility index (Phi) is 5.28. The molecule has 4 nitrogen and oxygen atoms in total. The third kappa shape index (κ3) is 3.72. The van der Waals surface area contributed by atoms with Gasteiger partial charge in [0.15, 0.2) is 0 Å². The van der Waals surface area contributed by atoms with Gasteiger partial charge in [0.05, 0.1) is 6.10 Å². The summed E-state index contributed by atoms with van der Waals surface area (Å²) in [6.45, 7) is 6.06. The number of anilines is 1. The van der Waals surface area contributed by atoms with Crippen LogP contribution in [-0.4, -0.2) is 28.2 Å². The largest absolute Gasteiger partial charge is 0.387 e.